The zero-order valence-electron chi connectivity index (χ0n) is 24.6. The third-order valence-corrected chi connectivity index (χ3v) is 13.2. The van der Waals surface area contributed by atoms with Crippen LogP contribution in [0, 0.1) is 34.5 Å². The second kappa shape index (κ2) is 13.1. The Balaban J connectivity index is 1.18. The summed E-state index contributed by atoms with van der Waals surface area (Å²) in [6.07, 6.45) is 21.5. The summed E-state index contributed by atoms with van der Waals surface area (Å²) in [6.45, 7) is 7.51. The summed E-state index contributed by atoms with van der Waals surface area (Å²) < 4.78 is 13.8. The highest BCUT2D eigenvalue weighted by atomic mass is 79.9. The molecule has 0 aliphatic heterocycles. The number of hydrogen-bond donors (Lipinski definition) is 0. The number of allylic oxidation sites excluding steroid dienone is 1. The molecule has 3 nitrogen and oxygen atoms in total. The summed E-state index contributed by atoms with van der Waals surface area (Å²) in [7, 11) is 0. The lowest BCUT2D eigenvalue weighted by Crippen LogP contribution is -2.50. The molecular formula is C34H47Br3O3. The molecule has 6 heteroatoms. The van der Waals surface area contributed by atoms with Crippen molar-refractivity contribution in [2.24, 2.45) is 34.5 Å². The summed E-state index contributed by atoms with van der Waals surface area (Å²) in [6, 6.07) is 3.72. The second-order valence-electron chi connectivity index (χ2n) is 13.7. The van der Waals surface area contributed by atoms with Crippen LogP contribution in [0.3, 0.4) is 0 Å². The van der Waals surface area contributed by atoms with Crippen molar-refractivity contribution < 1.29 is 14.3 Å². The first-order valence-electron chi connectivity index (χ1n) is 15.9. The van der Waals surface area contributed by atoms with E-state index >= 15 is 0 Å². The molecule has 0 heterocycles. The Hall–Kier alpha value is -0.330. The Kier molecular flexibility index (Phi) is 10.2. The van der Waals surface area contributed by atoms with Crippen molar-refractivity contribution in [1.29, 1.82) is 0 Å². The van der Waals surface area contributed by atoms with Crippen molar-refractivity contribution in [3.8, 4) is 5.75 Å². The van der Waals surface area contributed by atoms with Crippen LogP contribution in [-0.4, -0.2) is 12.3 Å². The largest absolute Gasteiger partial charge is 0.514 e. The number of benzene rings is 1. The molecule has 5 rings (SSSR count). The number of carbonyl (C=O) groups is 1. The van der Waals surface area contributed by atoms with Crippen molar-refractivity contribution in [3.05, 3.63) is 37.2 Å². The van der Waals surface area contributed by atoms with E-state index in [1.165, 1.54) is 82.6 Å². The fourth-order valence-corrected chi connectivity index (χ4v) is 11.8. The number of rotatable bonds is 9. The highest BCUT2D eigenvalue weighted by Gasteiger charge is 2.58. The van der Waals surface area contributed by atoms with Gasteiger partial charge in [0.2, 0.25) is 0 Å². The molecule has 222 valence electrons. The van der Waals surface area contributed by atoms with Crippen LogP contribution in [-0.2, 0) is 4.74 Å². The Morgan fingerprint density at radius 3 is 2.40 bits per heavy atom. The summed E-state index contributed by atoms with van der Waals surface area (Å²) in [5.74, 6) is 3.88. The van der Waals surface area contributed by atoms with Gasteiger partial charge in [-0.25, -0.2) is 4.79 Å². The van der Waals surface area contributed by atoms with E-state index in [-0.39, 0.29) is 11.5 Å². The molecule has 0 amide bonds. The lowest BCUT2D eigenvalue weighted by molar-refractivity contribution is -0.0538. The standard InChI is InChI=1S/C34H47Br3O3/c1-4-5-6-7-8-9-10-22-12-14-27-26-13-11-23-19-25(15-17-34(23,3)28(26)16-18-33(22,27)2)39-32(38)40-31-29(36)20-24(35)21-30(31)37/h11,20-22,25-28H,4-10,12-19H2,1-3H3. The second-order valence-corrected chi connectivity index (χ2v) is 16.3. The molecule has 1 aromatic carbocycles. The molecule has 4 aliphatic carbocycles. The van der Waals surface area contributed by atoms with E-state index in [1.54, 1.807) is 0 Å². The van der Waals surface area contributed by atoms with E-state index in [4.69, 9.17) is 9.47 Å². The number of fused-ring (bicyclic) bond motifs is 5. The fourth-order valence-electron chi connectivity index (χ4n) is 9.35. The van der Waals surface area contributed by atoms with Gasteiger partial charge in [-0.2, -0.15) is 0 Å². The van der Waals surface area contributed by atoms with Gasteiger partial charge in [-0.3, -0.25) is 0 Å². The van der Waals surface area contributed by atoms with Crippen molar-refractivity contribution in [2.75, 3.05) is 0 Å². The number of hydrogen-bond acceptors (Lipinski definition) is 3. The van der Waals surface area contributed by atoms with Crippen LogP contribution in [0.1, 0.15) is 117 Å². The number of halogens is 3. The molecular weight excluding hydrogens is 696 g/mol. The van der Waals surface area contributed by atoms with Crippen molar-refractivity contribution in [2.45, 2.75) is 123 Å². The Labute approximate surface area is 267 Å². The zero-order chi connectivity index (χ0) is 28.5. The maximum Gasteiger partial charge on any atom is 0.514 e. The van der Waals surface area contributed by atoms with Gasteiger partial charge in [-0.05, 0) is 130 Å². The molecule has 0 aromatic heterocycles. The van der Waals surface area contributed by atoms with Gasteiger partial charge in [0.1, 0.15) is 6.10 Å². The summed E-state index contributed by atoms with van der Waals surface area (Å²) in [5.41, 5.74) is 2.34. The lowest BCUT2D eigenvalue weighted by atomic mass is 9.47. The van der Waals surface area contributed by atoms with Crippen molar-refractivity contribution in [3.63, 3.8) is 0 Å². The first-order valence-corrected chi connectivity index (χ1v) is 18.3. The average Bonchev–Trinajstić information content (AvgIpc) is 3.24. The average molecular weight is 743 g/mol. The number of ether oxygens (including phenoxy) is 2. The fraction of sp³-hybridized carbons (Fsp3) is 0.735. The van der Waals surface area contributed by atoms with Crippen LogP contribution in [0.4, 0.5) is 4.79 Å². The lowest BCUT2D eigenvalue weighted by Gasteiger charge is -2.58. The SMILES string of the molecule is CCCCCCCCC1CCC2C3CC=C4CC(OC(=O)Oc5c(Br)cc(Br)cc5Br)CCC4(C)C3CCC12C. The van der Waals surface area contributed by atoms with Crippen molar-refractivity contribution in [1.82, 2.24) is 0 Å². The molecule has 1 aromatic rings. The first kappa shape index (κ1) is 31.1. The molecule has 0 saturated heterocycles. The molecule has 40 heavy (non-hydrogen) atoms. The molecule has 7 unspecified atom stereocenters. The summed E-state index contributed by atoms with van der Waals surface area (Å²) in [5, 5.41) is 0. The van der Waals surface area contributed by atoms with Crippen LogP contribution in [0.5, 0.6) is 5.75 Å². The maximum atomic E-state index is 12.8. The predicted octanol–water partition coefficient (Wildman–Crippen LogP) is 12.2. The Morgan fingerprint density at radius 2 is 1.65 bits per heavy atom. The minimum atomic E-state index is -0.623. The first-order chi connectivity index (χ1) is 19.2. The molecule has 0 spiro atoms. The van der Waals surface area contributed by atoms with Crippen LogP contribution in [0.25, 0.3) is 0 Å². The molecule has 3 saturated carbocycles. The Morgan fingerprint density at radius 1 is 0.925 bits per heavy atom. The summed E-state index contributed by atoms with van der Waals surface area (Å²) >= 11 is 10.4. The van der Waals surface area contributed by atoms with Gasteiger partial charge >= 0.3 is 6.16 Å². The third-order valence-electron chi connectivity index (χ3n) is 11.6. The van der Waals surface area contributed by atoms with Gasteiger partial charge in [0.25, 0.3) is 0 Å². The Bertz CT molecular complexity index is 1080. The predicted molar refractivity (Wildman–Crippen MR) is 174 cm³/mol. The van der Waals surface area contributed by atoms with E-state index in [1.807, 2.05) is 12.1 Å². The van der Waals surface area contributed by atoms with Gasteiger partial charge < -0.3 is 9.47 Å². The van der Waals surface area contributed by atoms with E-state index in [9.17, 15) is 4.79 Å². The smallest absolute Gasteiger partial charge is 0.430 e. The van der Waals surface area contributed by atoms with Gasteiger partial charge in [0, 0.05) is 10.9 Å². The molecule has 4 aliphatic rings. The highest BCUT2D eigenvalue weighted by Crippen LogP contribution is 2.66. The van der Waals surface area contributed by atoms with Gasteiger partial charge in [0.15, 0.2) is 5.75 Å². The molecule has 7 atom stereocenters. The normalized spacial score (nSPS) is 34.9. The van der Waals surface area contributed by atoms with Crippen LogP contribution >= 0.6 is 47.8 Å². The highest BCUT2D eigenvalue weighted by molar-refractivity contribution is 9.11. The molecule has 0 bridgehead atoms. The van der Waals surface area contributed by atoms with E-state index < -0.39 is 6.16 Å². The quantitative estimate of drug-likeness (QED) is 0.109. The minimum Gasteiger partial charge on any atom is -0.430 e. The monoisotopic (exact) mass is 740 g/mol. The van der Waals surface area contributed by atoms with Gasteiger partial charge in [-0.1, -0.05) is 86.9 Å². The van der Waals surface area contributed by atoms with Gasteiger partial charge in [-0.15, -0.1) is 0 Å². The number of unbranched alkanes of at least 4 members (excludes halogenated alkanes) is 5. The minimum absolute atomic E-state index is 0.113. The molecule has 0 radical (unpaired) electrons. The van der Waals surface area contributed by atoms with Crippen LogP contribution in [0.15, 0.2) is 37.2 Å². The third kappa shape index (κ3) is 6.30. The van der Waals surface area contributed by atoms with Crippen LogP contribution in [0.2, 0.25) is 0 Å². The maximum absolute atomic E-state index is 12.8. The summed E-state index contributed by atoms with van der Waals surface area (Å²) in [4.78, 5) is 12.8. The topological polar surface area (TPSA) is 35.5 Å². The van der Waals surface area contributed by atoms with Gasteiger partial charge in [0.05, 0.1) is 8.95 Å². The van der Waals surface area contributed by atoms with E-state index in [0.29, 0.717) is 20.1 Å². The van der Waals surface area contributed by atoms with E-state index in [2.05, 4.69) is 74.6 Å². The molecule has 0 N–H and O–H groups in total. The van der Waals surface area contributed by atoms with Crippen LogP contribution < -0.4 is 4.74 Å². The van der Waals surface area contributed by atoms with E-state index in [0.717, 1.165) is 47.4 Å². The zero-order valence-corrected chi connectivity index (χ0v) is 29.3. The molecule has 3 fully saturated rings. The van der Waals surface area contributed by atoms with Crippen molar-refractivity contribution >= 4 is 53.9 Å². The number of carbonyl (C=O) groups excluding carboxylic acids is 1.